The van der Waals surface area contributed by atoms with Gasteiger partial charge in [0.2, 0.25) is 10.0 Å². The highest BCUT2D eigenvalue weighted by Crippen LogP contribution is 2.33. The summed E-state index contributed by atoms with van der Waals surface area (Å²) in [6.45, 7) is 1.65. The summed E-state index contributed by atoms with van der Waals surface area (Å²) in [4.78, 5) is 0.0309. The van der Waals surface area contributed by atoms with Gasteiger partial charge in [-0.05, 0) is 37.0 Å². The minimum Gasteiger partial charge on any atom is -0.392 e. The van der Waals surface area contributed by atoms with Crippen molar-refractivity contribution in [3.63, 3.8) is 0 Å². The van der Waals surface area contributed by atoms with E-state index in [2.05, 4.69) is 4.72 Å². The summed E-state index contributed by atoms with van der Waals surface area (Å²) in [6, 6.07) is 4.41. The molecule has 6 heteroatoms. The molecular weight excluding hydrogens is 286 g/mol. The first kappa shape index (κ1) is 14.8. The first-order valence-electron chi connectivity index (χ1n) is 6.34. The van der Waals surface area contributed by atoms with Crippen LogP contribution in [0.25, 0.3) is 0 Å². The van der Waals surface area contributed by atoms with Crippen LogP contribution < -0.4 is 4.72 Å². The highest BCUT2D eigenvalue weighted by Gasteiger charge is 2.27. The summed E-state index contributed by atoms with van der Waals surface area (Å²) in [5, 5.41) is 9.24. The number of benzene rings is 1. The summed E-state index contributed by atoms with van der Waals surface area (Å²) in [5.41, 5.74) is 0.527. The third-order valence-electron chi connectivity index (χ3n) is 3.21. The number of rotatable bonds is 6. The molecule has 1 aliphatic carbocycles. The molecule has 0 aliphatic heterocycles. The summed E-state index contributed by atoms with van der Waals surface area (Å²) < 4.78 is 27.2. The van der Waals surface area contributed by atoms with Gasteiger partial charge in [0, 0.05) is 6.04 Å². The number of halogens is 1. The molecular formula is C13H18ClNO3S. The van der Waals surface area contributed by atoms with Crippen LogP contribution in [-0.2, 0) is 16.6 Å². The number of hydrogen-bond donors (Lipinski definition) is 2. The lowest BCUT2D eigenvalue weighted by atomic mass is 10.2. The zero-order chi connectivity index (χ0) is 14.0. The molecule has 1 aromatic carbocycles. The van der Waals surface area contributed by atoms with Crippen molar-refractivity contribution in [2.45, 2.75) is 43.7 Å². The van der Waals surface area contributed by atoms with Gasteiger partial charge in [-0.15, -0.1) is 0 Å². The van der Waals surface area contributed by atoms with E-state index in [9.17, 15) is 8.42 Å². The van der Waals surface area contributed by atoms with Gasteiger partial charge in [-0.25, -0.2) is 13.1 Å². The first-order chi connectivity index (χ1) is 8.92. The Labute approximate surface area is 118 Å². The van der Waals surface area contributed by atoms with Crippen molar-refractivity contribution in [2.24, 2.45) is 5.92 Å². The molecule has 0 radical (unpaired) electrons. The zero-order valence-corrected chi connectivity index (χ0v) is 12.3. The second-order valence-corrected chi connectivity index (χ2v) is 7.21. The van der Waals surface area contributed by atoms with E-state index in [0.717, 1.165) is 6.42 Å². The van der Waals surface area contributed by atoms with Gasteiger partial charge in [-0.1, -0.05) is 30.5 Å². The van der Waals surface area contributed by atoms with Crippen LogP contribution in [-0.4, -0.2) is 19.6 Å². The summed E-state index contributed by atoms with van der Waals surface area (Å²) >= 11 is 5.94. The third-order valence-corrected chi connectivity index (χ3v) is 5.28. The Morgan fingerprint density at radius 2 is 2.16 bits per heavy atom. The molecule has 0 bridgehead atoms. The molecule has 1 saturated carbocycles. The Hall–Kier alpha value is -0.620. The van der Waals surface area contributed by atoms with E-state index in [1.54, 1.807) is 6.07 Å². The van der Waals surface area contributed by atoms with Crippen molar-refractivity contribution in [3.8, 4) is 0 Å². The van der Waals surface area contributed by atoms with Gasteiger partial charge in [0.15, 0.2) is 0 Å². The van der Waals surface area contributed by atoms with Crippen LogP contribution in [0.5, 0.6) is 0 Å². The van der Waals surface area contributed by atoms with E-state index in [1.807, 2.05) is 6.92 Å². The lowest BCUT2D eigenvalue weighted by Gasteiger charge is -2.15. The van der Waals surface area contributed by atoms with E-state index in [4.69, 9.17) is 16.7 Å². The highest BCUT2D eigenvalue weighted by molar-refractivity contribution is 7.89. The van der Waals surface area contributed by atoms with Gasteiger partial charge < -0.3 is 5.11 Å². The molecule has 1 atom stereocenters. The number of aliphatic hydroxyl groups is 1. The molecule has 0 amide bonds. The molecule has 0 spiro atoms. The normalized spacial score (nSPS) is 17.4. The quantitative estimate of drug-likeness (QED) is 0.847. The number of aliphatic hydroxyl groups excluding tert-OH is 1. The van der Waals surface area contributed by atoms with Crippen LogP contribution in [0.15, 0.2) is 23.1 Å². The van der Waals surface area contributed by atoms with Crippen LogP contribution in [0.3, 0.4) is 0 Å². The standard InChI is InChI=1S/C13H18ClNO3S/c1-9(6-10-2-3-10)15-19(17,18)13-7-11(8-16)4-5-12(13)14/h4-5,7,9-10,15-16H,2-3,6,8H2,1H3. The fraction of sp³-hybridized carbons (Fsp3) is 0.538. The molecule has 2 rings (SSSR count). The van der Waals surface area contributed by atoms with E-state index >= 15 is 0 Å². The van der Waals surface area contributed by atoms with Crippen molar-refractivity contribution >= 4 is 21.6 Å². The second-order valence-electron chi connectivity index (χ2n) is 5.12. The van der Waals surface area contributed by atoms with Gasteiger partial charge in [-0.2, -0.15) is 0 Å². The summed E-state index contributed by atoms with van der Waals surface area (Å²) in [6.07, 6.45) is 3.23. The predicted molar refractivity (Wildman–Crippen MR) is 74.5 cm³/mol. The zero-order valence-electron chi connectivity index (χ0n) is 10.8. The van der Waals surface area contributed by atoms with Crippen molar-refractivity contribution in [1.82, 2.24) is 4.72 Å². The monoisotopic (exact) mass is 303 g/mol. The van der Waals surface area contributed by atoms with Crippen LogP contribution in [0.2, 0.25) is 5.02 Å². The van der Waals surface area contributed by atoms with Gasteiger partial charge in [0.1, 0.15) is 4.90 Å². The fourth-order valence-electron chi connectivity index (χ4n) is 2.08. The minimum absolute atomic E-state index is 0.0309. The van der Waals surface area contributed by atoms with Crippen LogP contribution in [0.4, 0.5) is 0 Å². The maximum absolute atomic E-state index is 12.3. The maximum atomic E-state index is 12.3. The van der Waals surface area contributed by atoms with Crippen molar-refractivity contribution in [2.75, 3.05) is 0 Å². The van der Waals surface area contributed by atoms with Crippen molar-refractivity contribution in [1.29, 1.82) is 0 Å². The average Bonchev–Trinajstić information content (AvgIpc) is 3.12. The largest absolute Gasteiger partial charge is 0.392 e. The Morgan fingerprint density at radius 1 is 1.47 bits per heavy atom. The van der Waals surface area contributed by atoms with E-state index in [1.165, 1.54) is 25.0 Å². The van der Waals surface area contributed by atoms with Gasteiger partial charge in [0.05, 0.1) is 11.6 Å². The molecule has 0 heterocycles. The Balaban J connectivity index is 2.17. The molecule has 4 nitrogen and oxygen atoms in total. The Bertz CT molecular complexity index is 555. The number of hydrogen-bond acceptors (Lipinski definition) is 3. The van der Waals surface area contributed by atoms with E-state index in [-0.39, 0.29) is 22.6 Å². The van der Waals surface area contributed by atoms with Crippen LogP contribution >= 0.6 is 11.6 Å². The van der Waals surface area contributed by atoms with E-state index in [0.29, 0.717) is 11.5 Å². The SMILES string of the molecule is CC(CC1CC1)NS(=O)(=O)c1cc(CO)ccc1Cl. The van der Waals surface area contributed by atoms with Gasteiger partial charge >= 0.3 is 0 Å². The minimum atomic E-state index is -3.63. The predicted octanol–water partition coefficient (Wildman–Crippen LogP) is 2.30. The number of sulfonamides is 1. The molecule has 0 aromatic heterocycles. The van der Waals surface area contributed by atoms with Crippen LogP contribution in [0.1, 0.15) is 31.7 Å². The topological polar surface area (TPSA) is 66.4 Å². The van der Waals surface area contributed by atoms with Crippen molar-refractivity contribution < 1.29 is 13.5 Å². The Morgan fingerprint density at radius 3 is 2.74 bits per heavy atom. The van der Waals surface area contributed by atoms with Gasteiger partial charge in [0.25, 0.3) is 0 Å². The van der Waals surface area contributed by atoms with Crippen molar-refractivity contribution in [3.05, 3.63) is 28.8 Å². The smallest absolute Gasteiger partial charge is 0.242 e. The molecule has 2 N–H and O–H groups in total. The molecule has 1 aromatic rings. The second kappa shape index (κ2) is 5.79. The maximum Gasteiger partial charge on any atom is 0.242 e. The fourth-order valence-corrected chi connectivity index (χ4v) is 3.89. The summed E-state index contributed by atoms with van der Waals surface area (Å²) in [7, 11) is -3.63. The van der Waals surface area contributed by atoms with E-state index < -0.39 is 10.0 Å². The first-order valence-corrected chi connectivity index (χ1v) is 8.20. The molecule has 1 unspecified atom stereocenters. The lowest BCUT2D eigenvalue weighted by molar-refractivity contribution is 0.281. The molecule has 106 valence electrons. The molecule has 0 saturated heterocycles. The number of nitrogens with one attached hydrogen (secondary N) is 1. The van der Waals surface area contributed by atoms with Crippen LogP contribution in [0, 0.1) is 5.92 Å². The lowest BCUT2D eigenvalue weighted by Crippen LogP contribution is -2.33. The highest BCUT2D eigenvalue weighted by atomic mass is 35.5. The molecule has 19 heavy (non-hydrogen) atoms. The summed E-state index contributed by atoms with van der Waals surface area (Å²) in [5.74, 6) is 0.650. The molecule has 1 aliphatic rings. The third kappa shape index (κ3) is 3.92. The molecule has 1 fully saturated rings. The van der Waals surface area contributed by atoms with Gasteiger partial charge in [-0.3, -0.25) is 0 Å². The Kier molecular flexibility index (Phi) is 4.50. The average molecular weight is 304 g/mol.